The predicted molar refractivity (Wildman–Crippen MR) is 64.9 cm³/mol. The van der Waals surface area contributed by atoms with Gasteiger partial charge in [0.05, 0.1) is 0 Å². The number of piperidine rings is 1. The van der Waals surface area contributed by atoms with Crippen molar-refractivity contribution in [1.29, 1.82) is 0 Å². The molecule has 0 amide bonds. The van der Waals surface area contributed by atoms with Crippen molar-refractivity contribution in [3.63, 3.8) is 0 Å². The molecule has 1 aliphatic rings. The topological polar surface area (TPSA) is 12.0 Å². The Morgan fingerprint density at radius 1 is 1.33 bits per heavy atom. The highest BCUT2D eigenvalue weighted by atomic mass is 15.0. The van der Waals surface area contributed by atoms with Gasteiger partial charge in [0.25, 0.3) is 0 Å². The van der Waals surface area contributed by atoms with Gasteiger partial charge in [-0.25, -0.2) is 0 Å². The Bertz CT molecular complexity index is 306. The van der Waals surface area contributed by atoms with Crippen LogP contribution >= 0.6 is 0 Å². The van der Waals surface area contributed by atoms with Gasteiger partial charge in [-0.3, -0.25) is 0 Å². The molecule has 0 aliphatic carbocycles. The van der Waals surface area contributed by atoms with Crippen LogP contribution in [-0.4, -0.2) is 5.54 Å². The van der Waals surface area contributed by atoms with Crippen molar-refractivity contribution in [2.45, 2.75) is 51.1 Å². The summed E-state index contributed by atoms with van der Waals surface area (Å²) in [6.45, 7) is 4.63. The summed E-state index contributed by atoms with van der Waals surface area (Å²) in [6.07, 6.45) is 5.15. The molecule has 0 aromatic heterocycles. The van der Waals surface area contributed by atoms with Crippen molar-refractivity contribution in [2.75, 3.05) is 0 Å². The van der Waals surface area contributed by atoms with Crippen LogP contribution in [0.1, 0.15) is 51.1 Å². The van der Waals surface area contributed by atoms with Crippen LogP contribution in [0.2, 0.25) is 0 Å². The molecule has 0 saturated carbocycles. The molecular formula is C14H21N. The van der Waals surface area contributed by atoms with Crippen molar-refractivity contribution in [1.82, 2.24) is 5.32 Å². The molecule has 82 valence electrons. The Morgan fingerprint density at radius 3 is 2.73 bits per heavy atom. The third kappa shape index (κ3) is 2.40. The van der Waals surface area contributed by atoms with Gasteiger partial charge in [0, 0.05) is 11.6 Å². The average Bonchev–Trinajstić information content (AvgIpc) is 2.30. The molecule has 2 atom stereocenters. The van der Waals surface area contributed by atoms with Crippen LogP contribution in [0.3, 0.4) is 0 Å². The quantitative estimate of drug-likeness (QED) is 0.773. The second-order valence-corrected chi connectivity index (χ2v) is 4.91. The lowest BCUT2D eigenvalue weighted by atomic mass is 9.83. The highest BCUT2D eigenvalue weighted by molar-refractivity contribution is 5.20. The van der Waals surface area contributed by atoms with E-state index in [0.717, 1.165) is 0 Å². The minimum Gasteiger partial charge on any atom is -0.305 e. The zero-order valence-electron chi connectivity index (χ0n) is 9.79. The zero-order valence-corrected chi connectivity index (χ0v) is 9.79. The molecule has 1 aromatic rings. The third-order valence-corrected chi connectivity index (χ3v) is 3.73. The molecule has 1 heterocycles. The van der Waals surface area contributed by atoms with Crippen LogP contribution in [0.5, 0.6) is 0 Å². The lowest BCUT2D eigenvalue weighted by Gasteiger charge is -2.39. The molecule has 1 N–H and O–H groups in total. The van der Waals surface area contributed by atoms with E-state index in [1.54, 1.807) is 0 Å². The summed E-state index contributed by atoms with van der Waals surface area (Å²) in [5.41, 5.74) is 1.79. The van der Waals surface area contributed by atoms with Gasteiger partial charge in [0.1, 0.15) is 0 Å². The first-order valence-corrected chi connectivity index (χ1v) is 6.06. The SMILES string of the molecule is CCC1(C)CCCC(c2ccccc2)N1. The van der Waals surface area contributed by atoms with E-state index in [1.165, 1.54) is 31.2 Å². The zero-order chi connectivity index (χ0) is 10.7. The minimum absolute atomic E-state index is 0.346. The fourth-order valence-corrected chi connectivity index (χ4v) is 2.48. The summed E-state index contributed by atoms with van der Waals surface area (Å²) in [5, 5.41) is 3.80. The Hall–Kier alpha value is -0.820. The van der Waals surface area contributed by atoms with E-state index in [0.29, 0.717) is 11.6 Å². The maximum absolute atomic E-state index is 3.80. The maximum atomic E-state index is 3.80. The highest BCUT2D eigenvalue weighted by Gasteiger charge is 2.29. The lowest BCUT2D eigenvalue weighted by molar-refractivity contribution is 0.218. The molecule has 0 spiro atoms. The van der Waals surface area contributed by atoms with Crippen molar-refractivity contribution in [3.8, 4) is 0 Å². The van der Waals surface area contributed by atoms with Gasteiger partial charge in [-0.05, 0) is 38.2 Å². The van der Waals surface area contributed by atoms with Crippen LogP contribution in [-0.2, 0) is 0 Å². The van der Waals surface area contributed by atoms with E-state index < -0.39 is 0 Å². The summed E-state index contributed by atoms with van der Waals surface area (Å²) in [7, 11) is 0. The van der Waals surface area contributed by atoms with Crippen molar-refractivity contribution < 1.29 is 0 Å². The van der Waals surface area contributed by atoms with Crippen LogP contribution in [0.25, 0.3) is 0 Å². The van der Waals surface area contributed by atoms with E-state index in [2.05, 4.69) is 49.5 Å². The first-order chi connectivity index (χ1) is 7.23. The number of hydrogen-bond donors (Lipinski definition) is 1. The molecule has 0 radical (unpaired) electrons. The molecule has 0 bridgehead atoms. The Balaban J connectivity index is 2.11. The average molecular weight is 203 g/mol. The van der Waals surface area contributed by atoms with Gasteiger partial charge >= 0.3 is 0 Å². The second-order valence-electron chi connectivity index (χ2n) is 4.91. The highest BCUT2D eigenvalue weighted by Crippen LogP contribution is 2.32. The Labute approximate surface area is 92.9 Å². The summed E-state index contributed by atoms with van der Waals surface area (Å²) >= 11 is 0. The minimum atomic E-state index is 0.346. The van der Waals surface area contributed by atoms with E-state index >= 15 is 0 Å². The third-order valence-electron chi connectivity index (χ3n) is 3.73. The summed E-state index contributed by atoms with van der Waals surface area (Å²) < 4.78 is 0. The van der Waals surface area contributed by atoms with Crippen molar-refractivity contribution in [3.05, 3.63) is 35.9 Å². The lowest BCUT2D eigenvalue weighted by Crippen LogP contribution is -2.46. The number of benzene rings is 1. The summed E-state index contributed by atoms with van der Waals surface area (Å²) in [5.74, 6) is 0. The largest absolute Gasteiger partial charge is 0.305 e. The second kappa shape index (κ2) is 4.36. The predicted octanol–water partition coefficient (Wildman–Crippen LogP) is 3.67. The van der Waals surface area contributed by atoms with Gasteiger partial charge in [0.15, 0.2) is 0 Å². The standard InChI is InChI=1S/C14H21N/c1-3-14(2)11-7-10-13(15-14)12-8-5-4-6-9-12/h4-6,8-9,13,15H,3,7,10-11H2,1-2H3. The fourth-order valence-electron chi connectivity index (χ4n) is 2.48. The van der Waals surface area contributed by atoms with E-state index in [9.17, 15) is 0 Å². The molecule has 1 heteroatoms. The van der Waals surface area contributed by atoms with Gasteiger partial charge < -0.3 is 5.32 Å². The van der Waals surface area contributed by atoms with Crippen molar-refractivity contribution >= 4 is 0 Å². The first kappa shape index (κ1) is 10.7. The van der Waals surface area contributed by atoms with E-state index in [1.807, 2.05) is 0 Å². The Kier molecular flexibility index (Phi) is 3.11. The van der Waals surface area contributed by atoms with E-state index in [-0.39, 0.29) is 0 Å². The molecule has 1 aliphatic heterocycles. The van der Waals surface area contributed by atoms with Gasteiger partial charge in [-0.1, -0.05) is 37.3 Å². The number of hydrogen-bond acceptors (Lipinski definition) is 1. The number of nitrogens with one attached hydrogen (secondary N) is 1. The van der Waals surface area contributed by atoms with Crippen LogP contribution < -0.4 is 5.32 Å². The summed E-state index contributed by atoms with van der Waals surface area (Å²) in [4.78, 5) is 0. The van der Waals surface area contributed by atoms with Gasteiger partial charge in [-0.15, -0.1) is 0 Å². The first-order valence-electron chi connectivity index (χ1n) is 6.06. The molecule has 1 saturated heterocycles. The summed E-state index contributed by atoms with van der Waals surface area (Å²) in [6, 6.07) is 11.4. The molecule has 2 rings (SSSR count). The monoisotopic (exact) mass is 203 g/mol. The van der Waals surface area contributed by atoms with Gasteiger partial charge in [0.2, 0.25) is 0 Å². The Morgan fingerprint density at radius 2 is 2.07 bits per heavy atom. The smallest absolute Gasteiger partial charge is 0.0325 e. The van der Waals surface area contributed by atoms with E-state index in [4.69, 9.17) is 0 Å². The van der Waals surface area contributed by atoms with Crippen LogP contribution in [0, 0.1) is 0 Å². The molecule has 2 unspecified atom stereocenters. The molecule has 1 nitrogen and oxygen atoms in total. The molecule has 1 aromatic carbocycles. The maximum Gasteiger partial charge on any atom is 0.0325 e. The fraction of sp³-hybridized carbons (Fsp3) is 0.571. The molecule has 15 heavy (non-hydrogen) atoms. The molecule has 1 fully saturated rings. The molecular weight excluding hydrogens is 182 g/mol. The van der Waals surface area contributed by atoms with Crippen molar-refractivity contribution in [2.24, 2.45) is 0 Å². The normalized spacial score (nSPS) is 31.5. The van der Waals surface area contributed by atoms with Gasteiger partial charge in [-0.2, -0.15) is 0 Å². The van der Waals surface area contributed by atoms with Crippen LogP contribution in [0.15, 0.2) is 30.3 Å². The van der Waals surface area contributed by atoms with Crippen LogP contribution in [0.4, 0.5) is 0 Å². The number of rotatable bonds is 2.